The zero-order valence-electron chi connectivity index (χ0n) is 10.3. The van der Waals surface area contributed by atoms with Gasteiger partial charge in [0, 0.05) is 22.4 Å². The number of benzene rings is 1. The van der Waals surface area contributed by atoms with Crippen molar-refractivity contribution < 1.29 is 4.79 Å². The SMILES string of the molecule is Cc1cc(Br)ccc1C(=O)C(C#N)c1ccncc1. The fourth-order valence-electron chi connectivity index (χ4n) is 1.90. The number of nitriles is 1. The molecule has 0 N–H and O–H groups in total. The van der Waals surface area contributed by atoms with Gasteiger partial charge in [0.2, 0.25) is 0 Å². The Labute approximate surface area is 120 Å². The molecule has 0 radical (unpaired) electrons. The molecule has 0 aliphatic carbocycles. The lowest BCUT2D eigenvalue weighted by Crippen LogP contribution is -2.12. The van der Waals surface area contributed by atoms with Gasteiger partial charge in [-0.05, 0) is 48.4 Å². The molecule has 1 atom stereocenters. The Hall–Kier alpha value is -1.99. The summed E-state index contributed by atoms with van der Waals surface area (Å²) in [5.41, 5.74) is 2.10. The largest absolute Gasteiger partial charge is 0.292 e. The molecular weight excluding hydrogens is 304 g/mol. The number of carbonyl (C=O) groups excluding carboxylic acids is 1. The van der Waals surface area contributed by atoms with E-state index in [1.807, 2.05) is 13.0 Å². The molecule has 2 rings (SSSR count). The highest BCUT2D eigenvalue weighted by Crippen LogP contribution is 2.23. The fourth-order valence-corrected chi connectivity index (χ4v) is 2.38. The molecular formula is C15H11BrN2O. The molecule has 1 heterocycles. The van der Waals surface area contributed by atoms with Gasteiger partial charge in [0.05, 0.1) is 6.07 Å². The molecule has 0 fully saturated rings. The Kier molecular flexibility index (Phi) is 4.08. The maximum Gasteiger partial charge on any atom is 0.184 e. The number of aryl methyl sites for hydroxylation is 1. The van der Waals surface area contributed by atoms with E-state index in [0.29, 0.717) is 11.1 Å². The second-order valence-electron chi connectivity index (χ2n) is 4.17. The predicted octanol–water partition coefficient (Wildman–Crippen LogP) is 3.64. The van der Waals surface area contributed by atoms with Crippen molar-refractivity contribution in [1.29, 1.82) is 5.26 Å². The van der Waals surface area contributed by atoms with Gasteiger partial charge in [0.15, 0.2) is 5.78 Å². The van der Waals surface area contributed by atoms with Crippen LogP contribution in [0, 0.1) is 18.3 Å². The highest BCUT2D eigenvalue weighted by atomic mass is 79.9. The number of pyridine rings is 1. The van der Waals surface area contributed by atoms with Gasteiger partial charge in [0.1, 0.15) is 5.92 Å². The van der Waals surface area contributed by atoms with Crippen molar-refractivity contribution >= 4 is 21.7 Å². The summed E-state index contributed by atoms with van der Waals surface area (Å²) in [5, 5.41) is 9.26. The predicted molar refractivity (Wildman–Crippen MR) is 75.8 cm³/mol. The number of aromatic nitrogens is 1. The minimum absolute atomic E-state index is 0.182. The first-order valence-electron chi connectivity index (χ1n) is 5.73. The highest BCUT2D eigenvalue weighted by Gasteiger charge is 2.22. The summed E-state index contributed by atoms with van der Waals surface area (Å²) in [4.78, 5) is 16.3. The first kappa shape index (κ1) is 13.4. The maximum absolute atomic E-state index is 12.5. The Morgan fingerprint density at radius 1 is 1.32 bits per heavy atom. The number of Topliss-reactive ketones (excluding diaryl/α,β-unsaturated/α-hetero) is 1. The van der Waals surface area contributed by atoms with Crippen molar-refractivity contribution in [3.05, 3.63) is 63.9 Å². The molecule has 0 saturated carbocycles. The van der Waals surface area contributed by atoms with Crippen LogP contribution >= 0.6 is 15.9 Å². The number of hydrogen-bond donors (Lipinski definition) is 0. The van der Waals surface area contributed by atoms with E-state index in [9.17, 15) is 10.1 Å². The molecule has 0 aliphatic heterocycles. The van der Waals surface area contributed by atoms with Crippen LogP contribution in [0.5, 0.6) is 0 Å². The molecule has 0 aliphatic rings. The number of hydrogen-bond acceptors (Lipinski definition) is 3. The van der Waals surface area contributed by atoms with Gasteiger partial charge >= 0.3 is 0 Å². The molecule has 1 aromatic carbocycles. The Balaban J connectivity index is 2.40. The highest BCUT2D eigenvalue weighted by molar-refractivity contribution is 9.10. The van der Waals surface area contributed by atoms with Gasteiger partial charge in [-0.15, -0.1) is 0 Å². The quantitative estimate of drug-likeness (QED) is 0.813. The molecule has 4 heteroatoms. The third-order valence-corrected chi connectivity index (χ3v) is 3.38. The van der Waals surface area contributed by atoms with Crippen LogP contribution in [0.3, 0.4) is 0 Å². The number of nitrogens with zero attached hydrogens (tertiary/aromatic N) is 2. The van der Waals surface area contributed by atoms with Crippen molar-refractivity contribution in [2.24, 2.45) is 0 Å². The van der Waals surface area contributed by atoms with E-state index in [2.05, 4.69) is 27.0 Å². The van der Waals surface area contributed by atoms with Crippen LogP contribution in [0.1, 0.15) is 27.4 Å². The minimum atomic E-state index is -0.789. The van der Waals surface area contributed by atoms with Crippen LogP contribution < -0.4 is 0 Å². The van der Waals surface area contributed by atoms with E-state index >= 15 is 0 Å². The smallest absolute Gasteiger partial charge is 0.184 e. The molecule has 0 saturated heterocycles. The molecule has 3 nitrogen and oxygen atoms in total. The van der Waals surface area contributed by atoms with Crippen LogP contribution in [-0.2, 0) is 0 Å². The Bertz CT molecular complexity index is 647. The lowest BCUT2D eigenvalue weighted by molar-refractivity contribution is 0.0978. The normalized spacial score (nSPS) is 11.6. The average molecular weight is 315 g/mol. The zero-order chi connectivity index (χ0) is 13.8. The number of ketones is 1. The first-order valence-corrected chi connectivity index (χ1v) is 6.52. The van der Waals surface area contributed by atoms with E-state index < -0.39 is 5.92 Å². The number of carbonyl (C=O) groups is 1. The molecule has 19 heavy (non-hydrogen) atoms. The molecule has 0 amide bonds. The maximum atomic E-state index is 12.5. The molecule has 2 aromatic rings. The lowest BCUT2D eigenvalue weighted by Gasteiger charge is -2.10. The van der Waals surface area contributed by atoms with Gasteiger partial charge in [-0.1, -0.05) is 15.9 Å². The van der Waals surface area contributed by atoms with Crippen LogP contribution in [0.2, 0.25) is 0 Å². The topological polar surface area (TPSA) is 53.8 Å². The van der Waals surface area contributed by atoms with Gasteiger partial charge in [-0.3, -0.25) is 9.78 Å². The molecule has 1 unspecified atom stereocenters. The fraction of sp³-hybridized carbons (Fsp3) is 0.133. The van der Waals surface area contributed by atoms with Crippen molar-refractivity contribution in [1.82, 2.24) is 4.98 Å². The average Bonchev–Trinajstić information content (AvgIpc) is 2.40. The second kappa shape index (κ2) is 5.77. The van der Waals surface area contributed by atoms with E-state index in [1.54, 1.807) is 36.7 Å². The Morgan fingerprint density at radius 2 is 2.00 bits per heavy atom. The monoisotopic (exact) mass is 314 g/mol. The van der Waals surface area contributed by atoms with Crippen LogP contribution in [0.4, 0.5) is 0 Å². The molecule has 1 aromatic heterocycles. The summed E-state index contributed by atoms with van der Waals surface area (Å²) >= 11 is 3.36. The third kappa shape index (κ3) is 2.88. The summed E-state index contributed by atoms with van der Waals surface area (Å²) < 4.78 is 0.916. The van der Waals surface area contributed by atoms with Crippen LogP contribution in [0.25, 0.3) is 0 Å². The summed E-state index contributed by atoms with van der Waals surface area (Å²) in [6, 6.07) is 10.9. The van der Waals surface area contributed by atoms with Crippen molar-refractivity contribution in [2.75, 3.05) is 0 Å². The van der Waals surface area contributed by atoms with E-state index in [4.69, 9.17) is 0 Å². The van der Waals surface area contributed by atoms with Crippen molar-refractivity contribution in [2.45, 2.75) is 12.8 Å². The van der Waals surface area contributed by atoms with Gasteiger partial charge in [0.25, 0.3) is 0 Å². The second-order valence-corrected chi connectivity index (χ2v) is 5.08. The summed E-state index contributed by atoms with van der Waals surface area (Å²) in [6.45, 7) is 1.86. The van der Waals surface area contributed by atoms with Gasteiger partial charge < -0.3 is 0 Å². The van der Waals surface area contributed by atoms with Crippen molar-refractivity contribution in [3.63, 3.8) is 0 Å². The van der Waals surface area contributed by atoms with Gasteiger partial charge in [-0.25, -0.2) is 0 Å². The summed E-state index contributed by atoms with van der Waals surface area (Å²) in [5.74, 6) is -0.971. The molecule has 94 valence electrons. The summed E-state index contributed by atoms with van der Waals surface area (Å²) in [7, 11) is 0. The van der Waals surface area contributed by atoms with Gasteiger partial charge in [-0.2, -0.15) is 5.26 Å². The molecule has 0 bridgehead atoms. The van der Waals surface area contributed by atoms with E-state index in [-0.39, 0.29) is 5.78 Å². The van der Waals surface area contributed by atoms with Crippen LogP contribution in [-0.4, -0.2) is 10.8 Å². The van der Waals surface area contributed by atoms with E-state index in [1.165, 1.54) is 0 Å². The van der Waals surface area contributed by atoms with Crippen LogP contribution in [0.15, 0.2) is 47.2 Å². The first-order chi connectivity index (χ1) is 9.13. The standard InChI is InChI=1S/C15H11BrN2O/c1-10-8-12(16)2-3-13(10)15(19)14(9-17)11-4-6-18-7-5-11/h2-8,14H,1H3. The zero-order valence-corrected chi connectivity index (χ0v) is 11.9. The lowest BCUT2D eigenvalue weighted by atomic mass is 9.90. The third-order valence-electron chi connectivity index (χ3n) is 2.88. The number of rotatable bonds is 3. The molecule has 0 spiro atoms. The van der Waals surface area contributed by atoms with Crippen molar-refractivity contribution in [3.8, 4) is 6.07 Å². The Morgan fingerprint density at radius 3 is 2.58 bits per heavy atom. The summed E-state index contributed by atoms with van der Waals surface area (Å²) in [6.07, 6.45) is 3.17. The minimum Gasteiger partial charge on any atom is -0.292 e. The number of halogens is 1. The van der Waals surface area contributed by atoms with E-state index in [0.717, 1.165) is 10.0 Å².